The van der Waals surface area contributed by atoms with Crippen LogP contribution < -0.4 is 10.2 Å². The van der Waals surface area contributed by atoms with Crippen molar-refractivity contribution < 1.29 is 9.13 Å². The summed E-state index contributed by atoms with van der Waals surface area (Å²) in [5.41, 5.74) is 6.82. The Labute approximate surface area is 209 Å². The third-order valence-electron chi connectivity index (χ3n) is 5.49. The Morgan fingerprint density at radius 1 is 0.912 bits per heavy atom. The molecule has 2 heterocycles. The maximum atomic E-state index is 14.9. The lowest BCUT2D eigenvalue weighted by Crippen LogP contribution is -2.34. The van der Waals surface area contributed by atoms with Crippen LogP contribution in [0.15, 0.2) is 94.8 Å². The second kappa shape index (κ2) is 10.4. The molecule has 174 valence electrons. The standard InChI is InChI=1S/C25H18Cl2FN3O.C2H6/c1-32-17-13-11-15(12-14-17)20-23(26)29-25-21(18-9-5-6-10-19(18)28)22(30-31(25)24(20)27)16-7-3-2-4-8-16;1-2/h2-14,22,30H,1H3;1-2H3. The molecule has 2 aliphatic rings. The van der Waals surface area contributed by atoms with Gasteiger partial charge in [0.05, 0.1) is 18.7 Å². The minimum atomic E-state index is -0.361. The third kappa shape index (κ3) is 4.34. The first-order chi connectivity index (χ1) is 16.6. The lowest BCUT2D eigenvalue weighted by atomic mass is 9.93. The molecule has 3 aromatic carbocycles. The summed E-state index contributed by atoms with van der Waals surface area (Å²) in [5, 5.41) is 2.26. The molecule has 1 unspecified atom stereocenters. The molecule has 0 amide bonds. The molecule has 0 bridgehead atoms. The molecule has 7 heteroatoms. The molecular formula is C27H24Cl2FN3O. The summed E-state index contributed by atoms with van der Waals surface area (Å²) in [5.74, 6) is 0.850. The van der Waals surface area contributed by atoms with Gasteiger partial charge in [0, 0.05) is 11.1 Å². The maximum absolute atomic E-state index is 14.9. The number of hydrogen-bond acceptors (Lipinski definition) is 4. The van der Waals surface area contributed by atoms with Gasteiger partial charge in [0.15, 0.2) is 5.82 Å². The fourth-order valence-electron chi connectivity index (χ4n) is 3.95. The Hall–Kier alpha value is -3.12. The van der Waals surface area contributed by atoms with Crippen molar-refractivity contribution >= 4 is 39.5 Å². The van der Waals surface area contributed by atoms with Crippen molar-refractivity contribution in [1.82, 2.24) is 10.4 Å². The first kappa shape index (κ1) is 24.0. The van der Waals surface area contributed by atoms with E-state index in [1.54, 1.807) is 30.3 Å². The minimum Gasteiger partial charge on any atom is -0.497 e. The molecule has 2 aliphatic heterocycles. The number of nitrogens with zero attached hydrogens (tertiary/aromatic N) is 2. The highest BCUT2D eigenvalue weighted by molar-refractivity contribution is 6.77. The van der Waals surface area contributed by atoms with Crippen LogP contribution >= 0.6 is 23.2 Å². The average Bonchev–Trinajstić information content (AvgIpc) is 3.26. The van der Waals surface area contributed by atoms with Gasteiger partial charge in [0.1, 0.15) is 21.9 Å². The molecule has 0 aromatic heterocycles. The Balaban J connectivity index is 0.00000133. The third-order valence-corrected chi connectivity index (χ3v) is 6.12. The van der Waals surface area contributed by atoms with E-state index in [9.17, 15) is 4.39 Å². The monoisotopic (exact) mass is 495 g/mol. The molecule has 0 saturated carbocycles. The maximum Gasteiger partial charge on any atom is 0.156 e. The number of halogens is 3. The second-order valence-electron chi connectivity index (χ2n) is 7.32. The highest BCUT2D eigenvalue weighted by atomic mass is 35.5. The van der Waals surface area contributed by atoms with E-state index in [2.05, 4.69) is 10.4 Å². The van der Waals surface area contributed by atoms with Crippen molar-refractivity contribution in [2.45, 2.75) is 19.9 Å². The van der Waals surface area contributed by atoms with E-state index in [0.717, 1.165) is 16.9 Å². The zero-order chi connectivity index (χ0) is 24.2. The molecule has 0 fully saturated rings. The number of ether oxygens (including phenoxy) is 1. The quantitative estimate of drug-likeness (QED) is 0.384. The van der Waals surface area contributed by atoms with Crippen LogP contribution in [0.3, 0.4) is 0 Å². The summed E-state index contributed by atoms with van der Waals surface area (Å²) in [6, 6.07) is 23.4. The number of allylic oxidation sites excluding steroid dienone is 1. The molecule has 0 aliphatic carbocycles. The molecule has 4 nitrogen and oxygen atoms in total. The van der Waals surface area contributed by atoms with Gasteiger partial charge in [-0.1, -0.05) is 97.7 Å². The Bertz CT molecular complexity index is 1270. The molecule has 0 saturated heterocycles. The number of nitrogens with one attached hydrogen (secondary N) is 1. The first-order valence-corrected chi connectivity index (χ1v) is 11.7. The van der Waals surface area contributed by atoms with Crippen LogP contribution in [0.2, 0.25) is 0 Å². The van der Waals surface area contributed by atoms with Gasteiger partial charge >= 0.3 is 0 Å². The fraction of sp³-hybridized carbons (Fsp3) is 0.148. The first-order valence-electron chi connectivity index (χ1n) is 11.0. The van der Waals surface area contributed by atoms with Crippen LogP contribution in [-0.2, 0) is 0 Å². The smallest absolute Gasteiger partial charge is 0.156 e. The predicted molar refractivity (Wildman–Crippen MR) is 138 cm³/mol. The molecular weight excluding hydrogens is 472 g/mol. The van der Waals surface area contributed by atoms with E-state index in [4.69, 9.17) is 27.9 Å². The van der Waals surface area contributed by atoms with Gasteiger partial charge in [0.2, 0.25) is 0 Å². The number of hydrogen-bond donors (Lipinski definition) is 1. The summed E-state index contributed by atoms with van der Waals surface area (Å²) in [4.78, 5) is 4.65. The van der Waals surface area contributed by atoms with Gasteiger partial charge in [-0.05, 0) is 29.3 Å². The normalized spacial score (nSPS) is 17.2. The topological polar surface area (TPSA) is 36.9 Å². The number of fused-ring (bicyclic) bond motifs is 1. The van der Waals surface area contributed by atoms with E-state index in [1.165, 1.54) is 6.07 Å². The molecule has 1 N–H and O–H groups in total. The summed E-state index contributed by atoms with van der Waals surface area (Å²) >= 11 is 13.5. The summed E-state index contributed by atoms with van der Waals surface area (Å²) < 4.78 is 20.1. The van der Waals surface area contributed by atoms with Gasteiger partial charge in [-0.3, -0.25) is 0 Å². The van der Waals surface area contributed by atoms with Crippen LogP contribution in [0.25, 0.3) is 11.1 Å². The Morgan fingerprint density at radius 3 is 2.21 bits per heavy atom. The zero-order valence-electron chi connectivity index (χ0n) is 19.0. The van der Waals surface area contributed by atoms with Crippen molar-refractivity contribution in [2.24, 2.45) is 4.99 Å². The van der Waals surface area contributed by atoms with Crippen molar-refractivity contribution in [1.29, 1.82) is 0 Å². The van der Waals surface area contributed by atoms with Gasteiger partial charge in [-0.15, -0.1) is 0 Å². The highest BCUT2D eigenvalue weighted by Crippen LogP contribution is 2.46. The molecule has 34 heavy (non-hydrogen) atoms. The number of methoxy groups -OCH3 is 1. The van der Waals surface area contributed by atoms with E-state index < -0.39 is 0 Å². The van der Waals surface area contributed by atoms with Crippen molar-refractivity contribution in [3.8, 4) is 5.75 Å². The SMILES string of the molecule is CC.COc1ccc(C2=C(Cl)N3NC(c4ccccc4)C(c4ccccc4F)=C3N=C2Cl)cc1. The lowest BCUT2D eigenvalue weighted by molar-refractivity contribution is 0.336. The van der Waals surface area contributed by atoms with Crippen molar-refractivity contribution in [3.63, 3.8) is 0 Å². The van der Waals surface area contributed by atoms with Gasteiger partial charge < -0.3 is 4.74 Å². The number of rotatable bonds is 4. The molecule has 0 spiro atoms. The van der Waals surface area contributed by atoms with Crippen LogP contribution in [0.4, 0.5) is 4.39 Å². The van der Waals surface area contributed by atoms with Crippen LogP contribution in [-0.4, -0.2) is 17.3 Å². The van der Waals surface area contributed by atoms with E-state index in [-0.39, 0.29) is 17.0 Å². The number of aliphatic imine (C=N–C) groups is 1. The summed E-state index contributed by atoms with van der Waals surface area (Å²) in [6.07, 6.45) is 0. The summed E-state index contributed by atoms with van der Waals surface area (Å²) in [6.45, 7) is 4.00. The average molecular weight is 496 g/mol. The van der Waals surface area contributed by atoms with E-state index in [1.807, 2.05) is 68.4 Å². The van der Waals surface area contributed by atoms with Gasteiger partial charge in [-0.25, -0.2) is 19.8 Å². The fourth-order valence-corrected chi connectivity index (χ4v) is 4.60. The van der Waals surface area contributed by atoms with Crippen molar-refractivity contribution in [3.05, 3.63) is 112 Å². The number of benzene rings is 3. The Kier molecular flexibility index (Phi) is 7.37. The Morgan fingerprint density at radius 2 is 1.56 bits per heavy atom. The highest BCUT2D eigenvalue weighted by Gasteiger charge is 2.39. The van der Waals surface area contributed by atoms with E-state index >= 15 is 0 Å². The largest absolute Gasteiger partial charge is 0.497 e. The van der Waals surface area contributed by atoms with Gasteiger partial charge in [-0.2, -0.15) is 0 Å². The molecule has 5 rings (SSSR count). The molecule has 0 radical (unpaired) electrons. The van der Waals surface area contributed by atoms with Crippen LogP contribution in [0, 0.1) is 5.82 Å². The second-order valence-corrected chi connectivity index (χ2v) is 8.04. The van der Waals surface area contributed by atoms with Crippen molar-refractivity contribution in [2.75, 3.05) is 7.11 Å². The summed E-state index contributed by atoms with van der Waals surface area (Å²) in [7, 11) is 1.61. The van der Waals surface area contributed by atoms with Gasteiger partial charge in [0.25, 0.3) is 0 Å². The minimum absolute atomic E-state index is 0.232. The predicted octanol–water partition coefficient (Wildman–Crippen LogP) is 7.35. The zero-order valence-corrected chi connectivity index (χ0v) is 20.5. The van der Waals surface area contributed by atoms with E-state index in [0.29, 0.717) is 27.7 Å². The molecule has 3 aromatic rings. The molecule has 1 atom stereocenters. The lowest BCUT2D eigenvalue weighted by Gasteiger charge is -2.26. The number of hydrazine groups is 1. The van der Waals surface area contributed by atoms with Crippen LogP contribution in [0.5, 0.6) is 5.75 Å². The van der Waals surface area contributed by atoms with Crippen LogP contribution in [0.1, 0.15) is 36.6 Å².